The van der Waals surface area contributed by atoms with Crippen LogP contribution in [0.2, 0.25) is 0 Å². The molecule has 0 aliphatic heterocycles. The number of nitrogens with one attached hydrogen (secondary N) is 3. The fourth-order valence-electron chi connectivity index (χ4n) is 1.83. The van der Waals surface area contributed by atoms with E-state index >= 15 is 0 Å². The lowest BCUT2D eigenvalue weighted by Crippen LogP contribution is -2.28. The Kier molecular flexibility index (Phi) is 5.00. The van der Waals surface area contributed by atoms with Crippen LogP contribution in [0.25, 0.3) is 11.0 Å². The second-order valence-corrected chi connectivity index (χ2v) is 5.53. The Balaban J connectivity index is 1.92. The summed E-state index contributed by atoms with van der Waals surface area (Å²) in [5.74, 6) is 1.74. The molecule has 0 saturated heterocycles. The first-order valence-corrected chi connectivity index (χ1v) is 7.38. The van der Waals surface area contributed by atoms with E-state index in [0.29, 0.717) is 24.1 Å². The van der Waals surface area contributed by atoms with E-state index in [9.17, 15) is 9.90 Å². The van der Waals surface area contributed by atoms with E-state index in [2.05, 4.69) is 27.2 Å². The molecule has 104 valence electrons. The van der Waals surface area contributed by atoms with Gasteiger partial charge >= 0.3 is 0 Å². The first-order valence-electron chi connectivity index (χ1n) is 6.22. The third-order valence-electron chi connectivity index (χ3n) is 2.76. The molecule has 4 N–H and O–H groups in total. The van der Waals surface area contributed by atoms with Gasteiger partial charge in [-0.1, -0.05) is 6.92 Å². The first kappa shape index (κ1) is 14.1. The average Bonchev–Trinajstić information content (AvgIpc) is 2.81. The molecule has 2 aromatic heterocycles. The summed E-state index contributed by atoms with van der Waals surface area (Å²) in [4.78, 5) is 21.1. The summed E-state index contributed by atoms with van der Waals surface area (Å²) in [5, 5.41) is 12.9. The Morgan fingerprint density at radius 3 is 3.16 bits per heavy atom. The summed E-state index contributed by atoms with van der Waals surface area (Å²) in [6, 6.07) is 0. The summed E-state index contributed by atoms with van der Waals surface area (Å²) >= 11 is 1.71. The Morgan fingerprint density at radius 1 is 1.53 bits per heavy atom. The predicted molar refractivity (Wildman–Crippen MR) is 77.4 cm³/mol. The first-order chi connectivity index (χ1) is 9.22. The molecule has 0 radical (unpaired) electrons. The summed E-state index contributed by atoms with van der Waals surface area (Å²) in [5.41, 5.74) is 1.92. The molecule has 0 saturated carbocycles. The highest BCUT2D eigenvalue weighted by Gasteiger charge is 2.08. The molecule has 6 nitrogen and oxygen atoms in total. The lowest BCUT2D eigenvalue weighted by Gasteiger charge is -2.10. The summed E-state index contributed by atoms with van der Waals surface area (Å²) in [6.45, 7) is 3.17. The molecule has 7 heteroatoms. The smallest absolute Gasteiger partial charge is 0.275 e. The largest absolute Gasteiger partial charge is 0.391 e. The fraction of sp³-hybridized carbons (Fsp3) is 0.500. The van der Waals surface area contributed by atoms with Crippen LogP contribution in [0, 0.1) is 0 Å². The minimum atomic E-state index is -0.355. The van der Waals surface area contributed by atoms with Gasteiger partial charge in [0.1, 0.15) is 5.52 Å². The van der Waals surface area contributed by atoms with Crippen LogP contribution in [0.4, 0.5) is 0 Å². The molecule has 0 aromatic carbocycles. The number of hydrogen-bond donors (Lipinski definition) is 4. The maximum absolute atomic E-state index is 11.5. The molecular weight excluding hydrogens is 264 g/mol. The van der Waals surface area contributed by atoms with Gasteiger partial charge in [0.2, 0.25) is 0 Å². The van der Waals surface area contributed by atoms with Gasteiger partial charge < -0.3 is 20.4 Å². The van der Waals surface area contributed by atoms with Crippen LogP contribution in [-0.4, -0.2) is 44.2 Å². The summed E-state index contributed by atoms with van der Waals surface area (Å²) in [7, 11) is 0. The Labute approximate surface area is 115 Å². The molecule has 1 atom stereocenters. The maximum atomic E-state index is 11.5. The Morgan fingerprint density at radius 2 is 2.37 bits per heavy atom. The zero-order valence-electron chi connectivity index (χ0n) is 10.8. The van der Waals surface area contributed by atoms with Crippen LogP contribution in [0.3, 0.4) is 0 Å². The van der Waals surface area contributed by atoms with Crippen LogP contribution in [0.15, 0.2) is 17.3 Å². The number of aliphatic hydroxyl groups is 1. The van der Waals surface area contributed by atoms with Crippen LogP contribution in [0.1, 0.15) is 12.5 Å². The van der Waals surface area contributed by atoms with E-state index < -0.39 is 0 Å². The van der Waals surface area contributed by atoms with E-state index in [-0.39, 0.29) is 11.7 Å². The average molecular weight is 282 g/mol. The van der Waals surface area contributed by atoms with E-state index in [1.54, 1.807) is 18.0 Å². The summed E-state index contributed by atoms with van der Waals surface area (Å²) < 4.78 is 0. The maximum Gasteiger partial charge on any atom is 0.275 e. The van der Waals surface area contributed by atoms with E-state index in [0.717, 1.165) is 17.1 Å². The van der Waals surface area contributed by atoms with Crippen molar-refractivity contribution in [2.75, 3.05) is 18.1 Å². The predicted octanol–water partition coefficient (Wildman–Crippen LogP) is 0.455. The standard InChI is InChI=1S/C12H18N4O2S/c1-2-19-6-9(17)5-13-3-8-4-14-11-10(8)15-7-16-12(11)18/h4,7,9,13-14,17H,2-3,5-6H2,1H3,(H,15,16,18). The number of aromatic amines is 2. The molecule has 0 bridgehead atoms. The molecule has 2 heterocycles. The van der Waals surface area contributed by atoms with E-state index in [1.165, 1.54) is 6.33 Å². The SMILES string of the molecule is CCSCC(O)CNCc1c[nH]c2c(=O)[nH]cnc12. The zero-order valence-corrected chi connectivity index (χ0v) is 11.6. The van der Waals surface area contributed by atoms with Gasteiger partial charge in [0.25, 0.3) is 5.56 Å². The molecule has 1 unspecified atom stereocenters. The molecule has 2 rings (SSSR count). The fourth-order valence-corrected chi connectivity index (χ4v) is 2.45. The Hall–Kier alpha value is -1.31. The van der Waals surface area contributed by atoms with Crippen molar-refractivity contribution in [2.24, 2.45) is 0 Å². The van der Waals surface area contributed by atoms with Gasteiger partial charge in [0.05, 0.1) is 17.9 Å². The highest BCUT2D eigenvalue weighted by Crippen LogP contribution is 2.10. The van der Waals surface area contributed by atoms with E-state index in [1.807, 2.05) is 0 Å². The van der Waals surface area contributed by atoms with Crippen LogP contribution < -0.4 is 10.9 Å². The van der Waals surface area contributed by atoms with E-state index in [4.69, 9.17) is 0 Å². The second kappa shape index (κ2) is 6.74. The molecule has 0 aliphatic rings. The number of aliphatic hydroxyl groups excluding tert-OH is 1. The number of hydrogen-bond acceptors (Lipinski definition) is 5. The third kappa shape index (κ3) is 3.59. The van der Waals surface area contributed by atoms with Crippen molar-refractivity contribution in [1.29, 1.82) is 0 Å². The van der Waals surface area contributed by atoms with Gasteiger partial charge in [0, 0.05) is 30.6 Å². The lowest BCUT2D eigenvalue weighted by molar-refractivity contribution is 0.195. The van der Waals surface area contributed by atoms with Gasteiger partial charge in [-0.15, -0.1) is 0 Å². The molecule has 0 amide bonds. The van der Waals surface area contributed by atoms with Crippen molar-refractivity contribution in [3.63, 3.8) is 0 Å². The van der Waals surface area contributed by atoms with Crippen molar-refractivity contribution in [2.45, 2.75) is 19.6 Å². The van der Waals surface area contributed by atoms with Crippen molar-refractivity contribution in [3.8, 4) is 0 Å². The van der Waals surface area contributed by atoms with Crippen molar-refractivity contribution in [1.82, 2.24) is 20.3 Å². The normalized spacial score (nSPS) is 12.9. The lowest BCUT2D eigenvalue weighted by atomic mass is 10.3. The topological polar surface area (TPSA) is 93.8 Å². The third-order valence-corrected chi connectivity index (χ3v) is 3.79. The highest BCUT2D eigenvalue weighted by atomic mass is 32.2. The zero-order chi connectivity index (χ0) is 13.7. The molecule has 0 fully saturated rings. The quantitative estimate of drug-likeness (QED) is 0.592. The number of fused-ring (bicyclic) bond motifs is 1. The molecule has 0 spiro atoms. The summed E-state index contributed by atoms with van der Waals surface area (Å²) in [6.07, 6.45) is 2.81. The minimum Gasteiger partial charge on any atom is -0.391 e. The number of H-pyrrole nitrogens is 2. The van der Waals surface area contributed by atoms with Gasteiger partial charge in [-0.2, -0.15) is 11.8 Å². The van der Waals surface area contributed by atoms with Gasteiger partial charge in [-0.05, 0) is 5.75 Å². The number of aromatic nitrogens is 3. The number of nitrogens with zero attached hydrogens (tertiary/aromatic N) is 1. The number of thioether (sulfide) groups is 1. The van der Waals surface area contributed by atoms with Crippen molar-refractivity contribution < 1.29 is 5.11 Å². The molecule has 0 aliphatic carbocycles. The highest BCUT2D eigenvalue weighted by molar-refractivity contribution is 7.99. The van der Waals surface area contributed by atoms with Crippen molar-refractivity contribution >= 4 is 22.8 Å². The van der Waals surface area contributed by atoms with Gasteiger partial charge in [-0.25, -0.2) is 4.98 Å². The second-order valence-electron chi connectivity index (χ2n) is 4.21. The van der Waals surface area contributed by atoms with Crippen LogP contribution in [0.5, 0.6) is 0 Å². The molecule has 19 heavy (non-hydrogen) atoms. The monoisotopic (exact) mass is 282 g/mol. The van der Waals surface area contributed by atoms with Gasteiger partial charge in [0.15, 0.2) is 0 Å². The Bertz CT molecular complexity index is 580. The van der Waals surface area contributed by atoms with Crippen LogP contribution >= 0.6 is 11.8 Å². The molecule has 2 aromatic rings. The molecular formula is C12H18N4O2S. The number of rotatable bonds is 7. The van der Waals surface area contributed by atoms with Gasteiger partial charge in [-0.3, -0.25) is 4.79 Å². The van der Waals surface area contributed by atoms with Crippen molar-refractivity contribution in [3.05, 3.63) is 28.4 Å². The van der Waals surface area contributed by atoms with Crippen LogP contribution in [-0.2, 0) is 6.54 Å². The minimum absolute atomic E-state index is 0.171.